The van der Waals surface area contributed by atoms with Crippen LogP contribution in [0.1, 0.15) is 37.3 Å². The Hall–Kier alpha value is -0.810. The maximum Gasteiger partial charge on any atom is 0.125 e. The van der Waals surface area contributed by atoms with E-state index in [4.69, 9.17) is 22.1 Å². The molecule has 0 aromatic heterocycles. The van der Waals surface area contributed by atoms with Gasteiger partial charge in [-0.3, -0.25) is 0 Å². The molecule has 0 radical (unpaired) electrons. The van der Waals surface area contributed by atoms with Gasteiger partial charge in [-0.1, -0.05) is 30.5 Å². The molecule has 1 fully saturated rings. The summed E-state index contributed by atoms with van der Waals surface area (Å²) in [6.07, 6.45) is 4.50. The predicted molar refractivity (Wildman–Crippen MR) is 85.8 cm³/mol. The second kappa shape index (κ2) is 7.99. The molecule has 1 aromatic rings. The quantitative estimate of drug-likeness (QED) is 0.755. The summed E-state index contributed by atoms with van der Waals surface area (Å²) in [6.45, 7) is 0.656. The van der Waals surface area contributed by atoms with Gasteiger partial charge in [0, 0.05) is 35.8 Å². The average molecular weight is 313 g/mol. The van der Waals surface area contributed by atoms with Crippen LogP contribution in [-0.2, 0) is 0 Å². The number of nitrogens with two attached hydrogens (primary N) is 1. The van der Waals surface area contributed by atoms with Gasteiger partial charge in [0.15, 0.2) is 0 Å². The molecule has 0 amide bonds. The van der Waals surface area contributed by atoms with Crippen molar-refractivity contribution in [3.63, 3.8) is 0 Å². The molecular weight excluding hydrogens is 288 g/mol. The van der Waals surface area contributed by atoms with Crippen molar-refractivity contribution in [1.82, 2.24) is 5.32 Å². The first kappa shape index (κ1) is 16.6. The summed E-state index contributed by atoms with van der Waals surface area (Å²) in [6, 6.07) is 5.84. The molecule has 118 valence electrons. The first-order chi connectivity index (χ1) is 10.2. The molecule has 1 saturated carbocycles. The molecule has 0 spiro atoms. The summed E-state index contributed by atoms with van der Waals surface area (Å²) >= 11 is 6.34. The standard InChI is InChI=1S/C16H25ClN2O2/c1-21-15-8-4-6-12(17)16(15)14(9-18)19-13-7-3-2-5-11(13)10-20/h4,6,8,11,13-14,19-20H,2-3,5,7,9-10,18H2,1H3. The Morgan fingerprint density at radius 1 is 1.43 bits per heavy atom. The van der Waals surface area contributed by atoms with Crippen LogP contribution in [0.3, 0.4) is 0 Å². The summed E-state index contributed by atoms with van der Waals surface area (Å²) in [5.41, 5.74) is 6.87. The number of rotatable bonds is 6. The van der Waals surface area contributed by atoms with Gasteiger partial charge in [0.05, 0.1) is 7.11 Å². The first-order valence-corrected chi connectivity index (χ1v) is 7.98. The zero-order chi connectivity index (χ0) is 15.2. The summed E-state index contributed by atoms with van der Waals surface area (Å²) in [5.74, 6) is 1.04. The Kier molecular flexibility index (Phi) is 6.30. The number of aliphatic hydroxyl groups is 1. The summed E-state index contributed by atoms with van der Waals surface area (Å²) in [7, 11) is 1.64. The van der Waals surface area contributed by atoms with Gasteiger partial charge in [0.1, 0.15) is 5.75 Å². The second-order valence-electron chi connectivity index (χ2n) is 5.64. The van der Waals surface area contributed by atoms with Gasteiger partial charge < -0.3 is 20.9 Å². The SMILES string of the molecule is COc1cccc(Cl)c1C(CN)NC1CCCCC1CO. The maximum atomic E-state index is 9.55. The third-order valence-electron chi connectivity index (χ3n) is 4.38. The normalized spacial score (nSPS) is 23.8. The number of hydrogen-bond acceptors (Lipinski definition) is 4. The van der Waals surface area contributed by atoms with Crippen molar-refractivity contribution in [2.45, 2.75) is 37.8 Å². The fraction of sp³-hybridized carbons (Fsp3) is 0.625. The highest BCUT2D eigenvalue weighted by atomic mass is 35.5. The number of halogens is 1. The Bertz CT molecular complexity index is 456. The van der Waals surface area contributed by atoms with Crippen molar-refractivity contribution < 1.29 is 9.84 Å². The molecule has 0 bridgehead atoms. The molecule has 0 heterocycles. The first-order valence-electron chi connectivity index (χ1n) is 7.60. The molecular formula is C16H25ClN2O2. The van der Waals surface area contributed by atoms with Gasteiger partial charge in [0.2, 0.25) is 0 Å². The minimum Gasteiger partial charge on any atom is -0.496 e. The van der Waals surface area contributed by atoms with Crippen LogP contribution in [-0.4, -0.2) is 31.4 Å². The Balaban J connectivity index is 2.20. The highest BCUT2D eigenvalue weighted by Crippen LogP contribution is 2.34. The summed E-state index contributed by atoms with van der Waals surface area (Å²) in [5, 5.41) is 13.8. The maximum absolute atomic E-state index is 9.55. The fourth-order valence-electron chi connectivity index (χ4n) is 3.21. The zero-order valence-corrected chi connectivity index (χ0v) is 13.3. The van der Waals surface area contributed by atoms with Crippen LogP contribution in [0.4, 0.5) is 0 Å². The molecule has 3 atom stereocenters. The molecule has 21 heavy (non-hydrogen) atoms. The van der Waals surface area contributed by atoms with Crippen LogP contribution in [0.15, 0.2) is 18.2 Å². The van der Waals surface area contributed by atoms with Crippen LogP contribution in [0.5, 0.6) is 5.75 Å². The van der Waals surface area contributed by atoms with Crippen molar-refractivity contribution in [3.05, 3.63) is 28.8 Å². The van der Waals surface area contributed by atoms with Gasteiger partial charge >= 0.3 is 0 Å². The van der Waals surface area contributed by atoms with Crippen LogP contribution in [0.2, 0.25) is 5.02 Å². The van der Waals surface area contributed by atoms with E-state index in [0.717, 1.165) is 24.2 Å². The van der Waals surface area contributed by atoms with Gasteiger partial charge in [-0.2, -0.15) is 0 Å². The fourth-order valence-corrected chi connectivity index (χ4v) is 3.50. The van der Waals surface area contributed by atoms with E-state index in [-0.39, 0.29) is 18.7 Å². The van der Waals surface area contributed by atoms with Gasteiger partial charge in [-0.15, -0.1) is 0 Å². The van der Waals surface area contributed by atoms with Gasteiger partial charge in [0.25, 0.3) is 0 Å². The largest absolute Gasteiger partial charge is 0.496 e. The highest BCUT2D eigenvalue weighted by molar-refractivity contribution is 6.31. The van der Waals surface area contributed by atoms with E-state index in [1.54, 1.807) is 7.11 Å². The van der Waals surface area contributed by atoms with Crippen molar-refractivity contribution in [1.29, 1.82) is 0 Å². The number of aliphatic hydroxyl groups excluding tert-OH is 1. The van der Waals surface area contributed by atoms with Gasteiger partial charge in [-0.05, 0) is 30.9 Å². The van der Waals surface area contributed by atoms with Crippen molar-refractivity contribution >= 4 is 11.6 Å². The smallest absolute Gasteiger partial charge is 0.125 e. The van der Waals surface area contributed by atoms with Crippen molar-refractivity contribution in [2.24, 2.45) is 11.7 Å². The summed E-state index contributed by atoms with van der Waals surface area (Å²) in [4.78, 5) is 0. The minimum atomic E-state index is -0.0641. The number of ether oxygens (including phenoxy) is 1. The lowest BCUT2D eigenvalue weighted by atomic mass is 9.84. The lowest BCUT2D eigenvalue weighted by Gasteiger charge is -2.34. The molecule has 4 N–H and O–H groups in total. The van der Waals surface area contributed by atoms with Gasteiger partial charge in [-0.25, -0.2) is 0 Å². The molecule has 0 aliphatic heterocycles. The van der Waals surface area contributed by atoms with E-state index in [9.17, 15) is 5.11 Å². The van der Waals surface area contributed by atoms with Crippen LogP contribution in [0, 0.1) is 5.92 Å². The molecule has 0 saturated heterocycles. The summed E-state index contributed by atoms with van der Waals surface area (Å²) < 4.78 is 5.42. The van der Waals surface area contributed by atoms with Crippen molar-refractivity contribution in [2.75, 3.05) is 20.3 Å². The lowest BCUT2D eigenvalue weighted by molar-refractivity contribution is 0.146. The molecule has 2 rings (SSSR count). The van der Waals surface area contributed by atoms with E-state index in [1.807, 2.05) is 18.2 Å². The van der Waals surface area contributed by atoms with E-state index < -0.39 is 0 Å². The van der Waals surface area contributed by atoms with E-state index in [0.29, 0.717) is 17.5 Å². The Labute approximate surface area is 131 Å². The predicted octanol–water partition coefficient (Wildman–Crippen LogP) is 2.49. The lowest BCUT2D eigenvalue weighted by Crippen LogP contribution is -2.44. The van der Waals surface area contributed by atoms with E-state index >= 15 is 0 Å². The minimum absolute atomic E-state index is 0.0641. The average Bonchev–Trinajstić information content (AvgIpc) is 2.53. The number of methoxy groups -OCH3 is 1. The topological polar surface area (TPSA) is 67.5 Å². The van der Waals surface area contributed by atoms with Crippen LogP contribution >= 0.6 is 11.6 Å². The molecule has 5 heteroatoms. The third-order valence-corrected chi connectivity index (χ3v) is 4.71. The Morgan fingerprint density at radius 3 is 2.86 bits per heavy atom. The third kappa shape index (κ3) is 3.89. The van der Waals surface area contributed by atoms with Crippen molar-refractivity contribution in [3.8, 4) is 5.75 Å². The monoisotopic (exact) mass is 312 g/mol. The van der Waals surface area contributed by atoms with E-state index in [2.05, 4.69) is 5.32 Å². The molecule has 4 nitrogen and oxygen atoms in total. The number of nitrogens with one attached hydrogen (secondary N) is 1. The second-order valence-corrected chi connectivity index (χ2v) is 6.05. The molecule has 1 aliphatic carbocycles. The molecule has 1 aromatic carbocycles. The van der Waals surface area contributed by atoms with Crippen LogP contribution in [0.25, 0.3) is 0 Å². The molecule has 3 unspecified atom stereocenters. The number of hydrogen-bond donors (Lipinski definition) is 3. The molecule has 1 aliphatic rings. The Morgan fingerprint density at radius 2 is 2.19 bits per heavy atom. The number of benzene rings is 1. The van der Waals surface area contributed by atoms with Crippen LogP contribution < -0.4 is 15.8 Å². The van der Waals surface area contributed by atoms with E-state index in [1.165, 1.54) is 12.8 Å². The zero-order valence-electron chi connectivity index (χ0n) is 12.5. The highest BCUT2D eigenvalue weighted by Gasteiger charge is 2.28.